The fraction of sp³-hybridized carbons (Fsp3) is 0.441. The van der Waals surface area contributed by atoms with E-state index in [0.29, 0.717) is 0 Å². The van der Waals surface area contributed by atoms with Crippen LogP contribution in [0.3, 0.4) is 0 Å². The van der Waals surface area contributed by atoms with Crippen molar-refractivity contribution in [1.82, 2.24) is 5.32 Å². The van der Waals surface area contributed by atoms with Crippen LogP contribution in [-0.4, -0.2) is 120 Å². The molecule has 6 rings (SSSR count). The molecule has 1 saturated heterocycles. The lowest BCUT2D eigenvalue weighted by Crippen LogP contribution is -2.63. The van der Waals surface area contributed by atoms with Gasteiger partial charge >= 0.3 is 5.97 Å². The third-order valence-corrected chi connectivity index (χ3v) is 10.0. The second kappa shape index (κ2) is 12.1. The Morgan fingerprint density at radius 3 is 2.24 bits per heavy atom. The van der Waals surface area contributed by atoms with Gasteiger partial charge in [-0.25, -0.2) is 4.79 Å². The Balaban J connectivity index is 1.48. The molecular formula is C34H35NO14. The molecular weight excluding hydrogens is 646 g/mol. The van der Waals surface area contributed by atoms with Crippen molar-refractivity contribution in [3.63, 3.8) is 0 Å². The molecule has 0 aromatic heterocycles. The Bertz CT molecular complexity index is 1870. The maximum absolute atomic E-state index is 14.5. The lowest BCUT2D eigenvalue weighted by atomic mass is 9.59. The van der Waals surface area contributed by atoms with E-state index in [0.717, 1.165) is 26.4 Å². The Morgan fingerprint density at radius 2 is 1.63 bits per heavy atom. The second-order valence-corrected chi connectivity index (χ2v) is 12.4. The van der Waals surface area contributed by atoms with E-state index in [-0.39, 0.29) is 34.4 Å². The summed E-state index contributed by atoms with van der Waals surface area (Å²) in [5.41, 5.74) is -4.69. The number of esters is 1. The minimum absolute atomic E-state index is 0.161. The lowest BCUT2D eigenvalue weighted by molar-refractivity contribution is -0.236. The van der Waals surface area contributed by atoms with Gasteiger partial charge in [0.2, 0.25) is 11.6 Å². The van der Waals surface area contributed by atoms with Crippen LogP contribution < -0.4 is 5.32 Å². The minimum Gasteiger partial charge on any atom is -0.507 e. The highest BCUT2D eigenvalue weighted by atomic mass is 16.6. The highest BCUT2D eigenvalue weighted by Gasteiger charge is 2.63. The van der Waals surface area contributed by atoms with Gasteiger partial charge in [0.15, 0.2) is 23.4 Å². The molecule has 2 unspecified atom stereocenters. The number of aromatic hydroxyl groups is 2. The second-order valence-electron chi connectivity index (χ2n) is 12.4. The first kappa shape index (κ1) is 34.4. The van der Waals surface area contributed by atoms with E-state index >= 15 is 0 Å². The first-order chi connectivity index (χ1) is 23.2. The molecule has 5 N–H and O–H groups in total. The zero-order valence-corrected chi connectivity index (χ0v) is 27.4. The molecule has 0 spiro atoms. The molecule has 49 heavy (non-hydrogen) atoms. The van der Waals surface area contributed by atoms with Crippen LogP contribution in [-0.2, 0) is 30.1 Å². The molecule has 15 nitrogen and oxygen atoms in total. The summed E-state index contributed by atoms with van der Waals surface area (Å²) in [7, 11) is 4.88. The number of ether oxygens (including phenoxy) is 5. The van der Waals surface area contributed by atoms with Gasteiger partial charge in [0.1, 0.15) is 35.4 Å². The normalized spacial score (nSPS) is 30.5. The third kappa shape index (κ3) is 4.68. The van der Waals surface area contributed by atoms with Crippen LogP contribution in [0.2, 0.25) is 0 Å². The van der Waals surface area contributed by atoms with Crippen LogP contribution in [0.5, 0.6) is 11.5 Å². The number of carbonyl (C=O) groups excluding carboxylic acids is 5. The number of hydrogen-bond donors (Lipinski definition) is 5. The van der Waals surface area contributed by atoms with Crippen molar-refractivity contribution >= 4 is 29.1 Å². The van der Waals surface area contributed by atoms with E-state index in [2.05, 4.69) is 5.32 Å². The van der Waals surface area contributed by atoms with Crippen molar-refractivity contribution in [1.29, 1.82) is 0 Å². The summed E-state index contributed by atoms with van der Waals surface area (Å²) in [5, 5.41) is 47.9. The Labute approximate surface area is 279 Å². The number of nitrogens with one attached hydrogen (secondary N) is 1. The number of fused-ring (bicyclic) bond motifs is 5. The fourth-order valence-corrected chi connectivity index (χ4v) is 7.74. The van der Waals surface area contributed by atoms with Crippen LogP contribution >= 0.6 is 0 Å². The zero-order valence-electron chi connectivity index (χ0n) is 27.4. The van der Waals surface area contributed by atoms with Crippen LogP contribution in [0.1, 0.15) is 81.3 Å². The highest BCUT2D eigenvalue weighted by Crippen LogP contribution is 2.54. The Morgan fingerprint density at radius 1 is 0.959 bits per heavy atom. The highest BCUT2D eigenvalue weighted by molar-refractivity contribution is 6.30. The zero-order chi connectivity index (χ0) is 35.9. The number of rotatable bonds is 6. The first-order valence-electron chi connectivity index (χ1n) is 15.3. The van der Waals surface area contributed by atoms with Crippen molar-refractivity contribution in [2.45, 2.75) is 68.5 Å². The molecule has 15 heteroatoms. The van der Waals surface area contributed by atoms with Crippen LogP contribution in [0.15, 0.2) is 23.9 Å². The number of aliphatic hydroxyl groups excluding tert-OH is 2. The van der Waals surface area contributed by atoms with Gasteiger partial charge in [-0.1, -0.05) is 6.07 Å². The predicted molar refractivity (Wildman–Crippen MR) is 165 cm³/mol. The molecule has 0 saturated carbocycles. The van der Waals surface area contributed by atoms with Gasteiger partial charge in [0.05, 0.1) is 42.1 Å². The van der Waals surface area contributed by atoms with Gasteiger partial charge in [0, 0.05) is 50.5 Å². The molecule has 0 radical (unpaired) electrons. The van der Waals surface area contributed by atoms with Crippen molar-refractivity contribution in [2.24, 2.45) is 0 Å². The Kier molecular flexibility index (Phi) is 8.50. The number of phenolic OH excluding ortho intramolecular Hbond substituents is 2. The summed E-state index contributed by atoms with van der Waals surface area (Å²) in [6.07, 6.45) is -5.87. The quantitative estimate of drug-likeness (QED) is 0.264. The molecule has 2 aromatic carbocycles. The Hall–Kier alpha value is -4.51. The molecule has 4 aliphatic rings. The molecule has 0 amide bonds. The summed E-state index contributed by atoms with van der Waals surface area (Å²) in [4.78, 5) is 68.9. The average Bonchev–Trinajstić information content (AvgIpc) is 3.05. The van der Waals surface area contributed by atoms with E-state index in [4.69, 9.17) is 23.7 Å². The predicted octanol–water partition coefficient (Wildman–Crippen LogP) is 0.646. The van der Waals surface area contributed by atoms with Crippen LogP contribution in [0, 0.1) is 6.92 Å². The molecule has 3 aliphatic carbocycles. The molecule has 8 atom stereocenters. The van der Waals surface area contributed by atoms with E-state index in [1.165, 1.54) is 27.2 Å². The maximum atomic E-state index is 14.5. The van der Waals surface area contributed by atoms with E-state index < -0.39 is 111 Å². The summed E-state index contributed by atoms with van der Waals surface area (Å²) >= 11 is 0. The molecule has 2 aromatic rings. The van der Waals surface area contributed by atoms with Crippen LogP contribution in [0.25, 0.3) is 0 Å². The molecule has 1 heterocycles. The largest absolute Gasteiger partial charge is 0.507 e. The van der Waals surface area contributed by atoms with Gasteiger partial charge < -0.3 is 49.4 Å². The van der Waals surface area contributed by atoms with Crippen molar-refractivity contribution in [3.8, 4) is 11.5 Å². The van der Waals surface area contributed by atoms with E-state index in [9.17, 15) is 44.4 Å². The lowest BCUT2D eigenvalue weighted by Gasteiger charge is -2.48. The number of aryl methyl sites for hydroxylation is 1. The standard InChI is InChI=1S/C34H35NO14/c1-11-7-13-8-18(37)34(48-6)23(20(13)26(40)19(11)33(44)47-5)25(39)15-9-14-21(27(41)22(15)31(34)43)17(36)10-16(24(14)38)35-32-30(46-4)28(42)29(45-3)12(2)49-32/h7,9-10,12,18,23,28-30,32,35,37,40-42H,8H2,1-6H3/t12-,18-,23?,28+,29-,30+,32+,34?/m0/s1. The molecule has 260 valence electrons. The number of carbonyl (C=O) groups is 5. The number of ketones is 4. The molecule has 1 fully saturated rings. The minimum atomic E-state index is -2.39. The topological polar surface area (TPSA) is 224 Å². The molecule has 1 aliphatic heterocycles. The van der Waals surface area contributed by atoms with Gasteiger partial charge in [-0.05, 0) is 31.0 Å². The number of phenols is 2. The number of aliphatic hydroxyl groups is 2. The van der Waals surface area contributed by atoms with Gasteiger partial charge in [-0.2, -0.15) is 0 Å². The first-order valence-corrected chi connectivity index (χ1v) is 15.3. The third-order valence-electron chi connectivity index (χ3n) is 10.0. The monoisotopic (exact) mass is 681 g/mol. The molecule has 0 bridgehead atoms. The summed E-state index contributed by atoms with van der Waals surface area (Å²) in [6.45, 7) is 3.16. The van der Waals surface area contributed by atoms with Gasteiger partial charge in [-0.15, -0.1) is 0 Å². The number of hydrogen-bond acceptors (Lipinski definition) is 15. The van der Waals surface area contributed by atoms with Crippen molar-refractivity contribution in [2.75, 3.05) is 28.4 Å². The van der Waals surface area contributed by atoms with Crippen LogP contribution in [0.4, 0.5) is 0 Å². The van der Waals surface area contributed by atoms with Crippen molar-refractivity contribution in [3.05, 3.63) is 68.4 Å². The van der Waals surface area contributed by atoms with Gasteiger partial charge in [0.25, 0.3) is 0 Å². The van der Waals surface area contributed by atoms with E-state index in [1.54, 1.807) is 6.92 Å². The number of Topliss-reactive ketones (excluding diaryl/α,β-unsaturated/α-hetero) is 3. The summed E-state index contributed by atoms with van der Waals surface area (Å²) in [5.74, 6) is -8.05. The summed E-state index contributed by atoms with van der Waals surface area (Å²) < 4.78 is 27.0. The smallest absolute Gasteiger partial charge is 0.341 e. The fourth-order valence-electron chi connectivity index (χ4n) is 7.74. The summed E-state index contributed by atoms with van der Waals surface area (Å²) in [6, 6.07) is 2.49. The van der Waals surface area contributed by atoms with Gasteiger partial charge in [-0.3, -0.25) is 19.2 Å². The number of benzene rings is 2. The number of allylic oxidation sites excluding steroid dienone is 2. The maximum Gasteiger partial charge on any atom is 0.341 e. The number of methoxy groups -OCH3 is 4. The average molecular weight is 682 g/mol. The SMILES string of the molecule is COC(=O)c1c(C)cc2c(c1O)C1C(=O)c3cc4c(c(O)c3C(=O)C1(OC)[C@@H](O)C2)C(=O)C=C(N[C@@H]1O[C@@H](C)[C@H](OC)[C@@H](O)[C@H]1OC)C4=O. The van der Waals surface area contributed by atoms with Crippen molar-refractivity contribution < 1.29 is 68.1 Å². The van der Waals surface area contributed by atoms with E-state index in [1.807, 2.05) is 0 Å².